The van der Waals surface area contributed by atoms with Crippen molar-refractivity contribution in [1.82, 2.24) is 0 Å². The van der Waals surface area contributed by atoms with Crippen LogP contribution < -0.4 is 0 Å². The molecule has 5 atom stereocenters. The highest BCUT2D eigenvalue weighted by atomic mass is 16.7. The zero-order valence-electron chi connectivity index (χ0n) is 7.20. The highest BCUT2D eigenvalue weighted by Gasteiger charge is 2.43. The van der Waals surface area contributed by atoms with Crippen molar-refractivity contribution in [2.75, 3.05) is 6.61 Å². The molecule has 13 heavy (non-hydrogen) atoms. The van der Waals surface area contributed by atoms with Crippen molar-refractivity contribution >= 4 is 0 Å². The number of hydrogen-bond donors (Lipinski definition) is 4. The smallest absolute Gasteiger partial charge is 0.189 e. The Bertz CT molecular complexity index is 163. The van der Waals surface area contributed by atoms with E-state index in [1.807, 2.05) is 0 Å². The van der Waals surface area contributed by atoms with E-state index in [1.54, 1.807) is 6.92 Å². The summed E-state index contributed by atoms with van der Waals surface area (Å²) < 4.78 is 9.58. The SMILES string of the molecule is CCOC1O[C@H](O)[C@@H](O)[C@H](O)[C@H]1O. The molecule has 0 aliphatic carbocycles. The van der Waals surface area contributed by atoms with Crippen LogP contribution in [0.25, 0.3) is 0 Å². The maximum Gasteiger partial charge on any atom is 0.189 e. The van der Waals surface area contributed by atoms with Crippen molar-refractivity contribution in [3.05, 3.63) is 0 Å². The molecule has 0 amide bonds. The van der Waals surface area contributed by atoms with Gasteiger partial charge in [-0.15, -0.1) is 0 Å². The predicted molar refractivity (Wildman–Crippen MR) is 40.5 cm³/mol. The largest absolute Gasteiger partial charge is 0.387 e. The molecule has 1 aliphatic heterocycles. The van der Waals surface area contributed by atoms with Gasteiger partial charge in [0.1, 0.15) is 18.3 Å². The molecule has 6 heteroatoms. The van der Waals surface area contributed by atoms with Crippen LogP contribution in [0, 0.1) is 0 Å². The number of aliphatic hydroxyl groups is 4. The average Bonchev–Trinajstić information content (AvgIpc) is 2.11. The summed E-state index contributed by atoms with van der Waals surface area (Å²) in [4.78, 5) is 0. The first-order valence-corrected chi connectivity index (χ1v) is 4.07. The van der Waals surface area contributed by atoms with Gasteiger partial charge in [0, 0.05) is 6.61 Å². The monoisotopic (exact) mass is 194 g/mol. The van der Waals surface area contributed by atoms with Crippen LogP contribution in [0.15, 0.2) is 0 Å². The lowest BCUT2D eigenvalue weighted by Crippen LogP contribution is -2.58. The Morgan fingerprint density at radius 3 is 2.23 bits per heavy atom. The zero-order chi connectivity index (χ0) is 10.0. The Kier molecular flexibility index (Phi) is 3.60. The zero-order valence-corrected chi connectivity index (χ0v) is 7.20. The Labute approximate surface area is 75.3 Å². The lowest BCUT2D eigenvalue weighted by molar-refractivity contribution is -0.339. The van der Waals surface area contributed by atoms with Gasteiger partial charge >= 0.3 is 0 Å². The third-order valence-corrected chi connectivity index (χ3v) is 1.88. The molecule has 78 valence electrons. The average molecular weight is 194 g/mol. The maximum atomic E-state index is 9.29. The van der Waals surface area contributed by atoms with E-state index in [-0.39, 0.29) is 6.61 Å². The first kappa shape index (κ1) is 10.8. The minimum atomic E-state index is -1.53. The van der Waals surface area contributed by atoms with E-state index in [9.17, 15) is 10.2 Å². The number of ether oxygens (including phenoxy) is 2. The number of hydrogen-bond acceptors (Lipinski definition) is 6. The minimum absolute atomic E-state index is 0.275. The molecular weight excluding hydrogens is 180 g/mol. The van der Waals surface area contributed by atoms with Gasteiger partial charge in [-0.25, -0.2) is 0 Å². The lowest BCUT2D eigenvalue weighted by atomic mass is 10.0. The Balaban J connectivity index is 2.59. The summed E-state index contributed by atoms with van der Waals surface area (Å²) in [6, 6.07) is 0. The molecule has 6 nitrogen and oxygen atoms in total. The summed E-state index contributed by atoms with van der Waals surface area (Å²) in [6.45, 7) is 1.96. The second kappa shape index (κ2) is 4.32. The van der Waals surface area contributed by atoms with Gasteiger partial charge in [0.2, 0.25) is 0 Å². The van der Waals surface area contributed by atoms with E-state index < -0.39 is 30.9 Å². The molecule has 1 fully saturated rings. The molecule has 1 heterocycles. The van der Waals surface area contributed by atoms with Gasteiger partial charge in [-0.3, -0.25) is 0 Å². The number of aliphatic hydroxyl groups excluding tert-OH is 4. The van der Waals surface area contributed by atoms with E-state index in [0.29, 0.717) is 0 Å². The molecule has 0 bridgehead atoms. The molecule has 0 aromatic carbocycles. The van der Waals surface area contributed by atoms with Crippen molar-refractivity contribution in [2.45, 2.75) is 37.8 Å². The van der Waals surface area contributed by atoms with Crippen molar-refractivity contribution in [3.63, 3.8) is 0 Å². The summed E-state index contributed by atoms with van der Waals surface area (Å²) in [5.41, 5.74) is 0. The topological polar surface area (TPSA) is 99.4 Å². The van der Waals surface area contributed by atoms with Crippen LogP contribution in [0.2, 0.25) is 0 Å². The highest BCUT2D eigenvalue weighted by Crippen LogP contribution is 2.20. The van der Waals surface area contributed by atoms with Crippen molar-refractivity contribution in [3.8, 4) is 0 Å². The number of rotatable bonds is 2. The van der Waals surface area contributed by atoms with Gasteiger partial charge in [-0.05, 0) is 6.92 Å². The van der Waals surface area contributed by atoms with Crippen LogP contribution in [0.3, 0.4) is 0 Å². The normalized spacial score (nSPS) is 46.4. The molecule has 0 saturated carbocycles. The quantitative estimate of drug-likeness (QED) is 0.397. The van der Waals surface area contributed by atoms with Crippen LogP contribution >= 0.6 is 0 Å². The van der Waals surface area contributed by atoms with Crippen molar-refractivity contribution in [1.29, 1.82) is 0 Å². The van der Waals surface area contributed by atoms with Gasteiger partial charge in [0.25, 0.3) is 0 Å². The molecule has 1 saturated heterocycles. The fourth-order valence-electron chi connectivity index (χ4n) is 1.13. The van der Waals surface area contributed by atoms with Crippen LogP contribution in [0.1, 0.15) is 6.92 Å². The Morgan fingerprint density at radius 1 is 1.08 bits per heavy atom. The molecule has 1 aliphatic rings. The fourth-order valence-corrected chi connectivity index (χ4v) is 1.13. The third kappa shape index (κ3) is 2.16. The van der Waals surface area contributed by atoms with Crippen LogP contribution in [-0.2, 0) is 9.47 Å². The summed E-state index contributed by atoms with van der Waals surface area (Å²) in [5.74, 6) is 0. The van der Waals surface area contributed by atoms with Crippen LogP contribution in [-0.4, -0.2) is 57.9 Å². The summed E-state index contributed by atoms with van der Waals surface area (Å²) in [5, 5.41) is 36.6. The molecule has 1 unspecified atom stereocenters. The van der Waals surface area contributed by atoms with Gasteiger partial charge in [0.15, 0.2) is 12.6 Å². The highest BCUT2D eigenvalue weighted by molar-refractivity contribution is 4.84. The molecule has 1 rings (SSSR count). The summed E-state index contributed by atoms with van der Waals surface area (Å²) >= 11 is 0. The molecule has 0 spiro atoms. The van der Waals surface area contributed by atoms with Gasteiger partial charge in [-0.2, -0.15) is 0 Å². The van der Waals surface area contributed by atoms with Crippen molar-refractivity contribution < 1.29 is 29.9 Å². The fraction of sp³-hybridized carbons (Fsp3) is 1.00. The molecule has 0 aromatic heterocycles. The molecular formula is C7H14O6. The van der Waals surface area contributed by atoms with Gasteiger partial charge in [-0.1, -0.05) is 0 Å². The first-order valence-electron chi connectivity index (χ1n) is 4.07. The van der Waals surface area contributed by atoms with Crippen molar-refractivity contribution in [2.24, 2.45) is 0 Å². The molecule has 0 aromatic rings. The van der Waals surface area contributed by atoms with E-state index in [0.717, 1.165) is 0 Å². The van der Waals surface area contributed by atoms with Gasteiger partial charge < -0.3 is 29.9 Å². The minimum Gasteiger partial charge on any atom is -0.387 e. The van der Waals surface area contributed by atoms with E-state index in [4.69, 9.17) is 19.7 Å². The Hall–Kier alpha value is -0.240. The summed E-state index contributed by atoms with van der Waals surface area (Å²) in [7, 11) is 0. The maximum absolute atomic E-state index is 9.29. The first-order chi connectivity index (χ1) is 6.07. The van der Waals surface area contributed by atoms with E-state index in [2.05, 4.69) is 0 Å². The van der Waals surface area contributed by atoms with E-state index in [1.165, 1.54) is 0 Å². The predicted octanol–water partition coefficient (Wildman–Crippen LogP) is -2.22. The standard InChI is InChI=1S/C7H14O6/c1-2-12-7-5(10)3(8)4(9)6(11)13-7/h3-11H,2H2,1H3/t3-,4-,5+,6-,7?/m0/s1. The van der Waals surface area contributed by atoms with Gasteiger partial charge in [0.05, 0.1) is 0 Å². The Morgan fingerprint density at radius 2 is 1.69 bits per heavy atom. The second-order valence-electron chi connectivity index (χ2n) is 2.82. The third-order valence-electron chi connectivity index (χ3n) is 1.88. The van der Waals surface area contributed by atoms with Crippen LogP contribution in [0.4, 0.5) is 0 Å². The lowest BCUT2D eigenvalue weighted by Gasteiger charge is -2.37. The molecule has 4 N–H and O–H groups in total. The second-order valence-corrected chi connectivity index (χ2v) is 2.82. The summed E-state index contributed by atoms with van der Waals surface area (Å²) in [6.07, 6.45) is -6.95. The van der Waals surface area contributed by atoms with E-state index >= 15 is 0 Å². The molecule has 0 radical (unpaired) electrons. The van der Waals surface area contributed by atoms with Crippen LogP contribution in [0.5, 0.6) is 0 Å².